The minimum atomic E-state index is 0.398. The van der Waals surface area contributed by atoms with E-state index in [9.17, 15) is 0 Å². The summed E-state index contributed by atoms with van der Waals surface area (Å²) in [6.07, 6.45) is 8.63. The Labute approximate surface area is 98.6 Å². The van der Waals surface area contributed by atoms with Crippen LogP contribution in [-0.2, 0) is 6.42 Å². The van der Waals surface area contributed by atoms with Crippen molar-refractivity contribution in [2.75, 3.05) is 0 Å². The molecule has 1 aromatic heterocycles. The first-order valence-corrected chi connectivity index (χ1v) is 6.14. The molecule has 0 radical (unpaired) electrons. The summed E-state index contributed by atoms with van der Waals surface area (Å²) in [4.78, 5) is 4.16. The van der Waals surface area contributed by atoms with E-state index < -0.39 is 0 Å². The van der Waals surface area contributed by atoms with Crippen molar-refractivity contribution in [2.45, 2.75) is 31.7 Å². The lowest BCUT2D eigenvalue weighted by Crippen LogP contribution is -2.44. The van der Waals surface area contributed by atoms with Gasteiger partial charge in [0, 0.05) is 22.9 Å². The van der Waals surface area contributed by atoms with Crippen molar-refractivity contribution >= 4 is 15.9 Å². The molecule has 1 saturated carbocycles. The van der Waals surface area contributed by atoms with Crippen LogP contribution in [0, 0.1) is 5.92 Å². The summed E-state index contributed by atoms with van der Waals surface area (Å²) in [7, 11) is 0. The Balaban J connectivity index is 1.99. The average Bonchev–Trinajstić information content (AvgIpc) is 2.14. The maximum atomic E-state index is 5.59. The van der Waals surface area contributed by atoms with E-state index in [2.05, 4.69) is 32.4 Å². The first kappa shape index (κ1) is 11.0. The van der Waals surface area contributed by atoms with E-state index in [-0.39, 0.29) is 0 Å². The van der Waals surface area contributed by atoms with E-state index in [1.165, 1.54) is 24.8 Å². The Bertz CT molecular complexity index is 325. The molecule has 0 aromatic carbocycles. The van der Waals surface area contributed by atoms with Crippen molar-refractivity contribution in [2.24, 2.45) is 11.8 Å². The molecule has 1 aliphatic carbocycles. The Hall–Kier alpha value is -0.450. The molecule has 1 atom stereocenters. The van der Waals surface area contributed by atoms with Gasteiger partial charge in [-0.25, -0.2) is 0 Å². The molecule has 3 nitrogen and oxygen atoms in total. The van der Waals surface area contributed by atoms with E-state index in [4.69, 9.17) is 5.84 Å². The van der Waals surface area contributed by atoms with Gasteiger partial charge in [0.1, 0.15) is 0 Å². The number of nitrogens with one attached hydrogen (secondary N) is 1. The lowest BCUT2D eigenvalue weighted by atomic mass is 9.78. The number of nitrogens with two attached hydrogens (primary N) is 1. The number of aromatic nitrogens is 1. The second kappa shape index (κ2) is 5.05. The van der Waals surface area contributed by atoms with Gasteiger partial charge in [0.15, 0.2) is 0 Å². The molecule has 1 aromatic rings. The van der Waals surface area contributed by atoms with Crippen LogP contribution in [0.1, 0.15) is 24.8 Å². The van der Waals surface area contributed by atoms with E-state index in [1.807, 2.05) is 6.20 Å². The fraction of sp³-hybridized carbons (Fsp3) is 0.545. The molecule has 2 rings (SSSR count). The van der Waals surface area contributed by atoms with E-state index in [0.717, 1.165) is 16.8 Å². The van der Waals surface area contributed by atoms with Gasteiger partial charge in [-0.3, -0.25) is 16.3 Å². The molecule has 0 aliphatic heterocycles. The third kappa shape index (κ3) is 2.77. The van der Waals surface area contributed by atoms with Crippen molar-refractivity contribution in [3.05, 3.63) is 28.5 Å². The molecule has 0 amide bonds. The Kier molecular flexibility index (Phi) is 3.72. The number of hydrogen-bond acceptors (Lipinski definition) is 3. The molecule has 3 N–H and O–H groups in total. The lowest BCUT2D eigenvalue weighted by Gasteiger charge is -2.33. The summed E-state index contributed by atoms with van der Waals surface area (Å²) in [6.45, 7) is 0. The summed E-state index contributed by atoms with van der Waals surface area (Å²) >= 11 is 3.43. The second-order valence-electron chi connectivity index (χ2n) is 4.18. The van der Waals surface area contributed by atoms with Gasteiger partial charge in [0.2, 0.25) is 0 Å². The number of rotatable bonds is 4. The maximum absolute atomic E-state index is 5.59. The zero-order valence-electron chi connectivity index (χ0n) is 8.62. The fourth-order valence-electron chi connectivity index (χ4n) is 2.03. The topological polar surface area (TPSA) is 50.9 Å². The van der Waals surface area contributed by atoms with Crippen molar-refractivity contribution in [1.82, 2.24) is 10.4 Å². The maximum Gasteiger partial charge on any atom is 0.0410 e. The van der Waals surface area contributed by atoms with Crippen LogP contribution in [-0.4, -0.2) is 11.0 Å². The first-order valence-electron chi connectivity index (χ1n) is 5.35. The molecule has 1 aliphatic rings. The highest BCUT2D eigenvalue weighted by molar-refractivity contribution is 9.10. The molecule has 0 bridgehead atoms. The summed E-state index contributed by atoms with van der Waals surface area (Å²) < 4.78 is 1.03. The van der Waals surface area contributed by atoms with Gasteiger partial charge in [-0.2, -0.15) is 0 Å². The van der Waals surface area contributed by atoms with Crippen LogP contribution in [0.25, 0.3) is 0 Å². The Morgan fingerprint density at radius 2 is 2.33 bits per heavy atom. The Morgan fingerprint density at radius 1 is 1.53 bits per heavy atom. The molecule has 1 unspecified atom stereocenters. The fourth-order valence-corrected chi connectivity index (χ4v) is 2.44. The third-order valence-corrected chi connectivity index (χ3v) is 3.58. The van der Waals surface area contributed by atoms with Crippen molar-refractivity contribution in [1.29, 1.82) is 0 Å². The van der Waals surface area contributed by atoms with Crippen LogP contribution in [0.2, 0.25) is 0 Å². The number of hydrazine groups is 1. The van der Waals surface area contributed by atoms with E-state index in [1.54, 1.807) is 6.20 Å². The molecule has 15 heavy (non-hydrogen) atoms. The van der Waals surface area contributed by atoms with Gasteiger partial charge in [0.05, 0.1) is 0 Å². The van der Waals surface area contributed by atoms with Gasteiger partial charge in [0.25, 0.3) is 0 Å². The second-order valence-corrected chi connectivity index (χ2v) is 5.10. The molecule has 0 spiro atoms. The smallest absolute Gasteiger partial charge is 0.0410 e. The highest BCUT2D eigenvalue weighted by Gasteiger charge is 2.26. The van der Waals surface area contributed by atoms with Gasteiger partial charge < -0.3 is 0 Å². The standard InChI is InChI=1S/C11H16BrN3/c12-10-4-8(6-14-7-10)5-11(15-13)9-2-1-3-9/h4,6-7,9,11,15H,1-3,5,13H2. The zero-order chi connectivity index (χ0) is 10.7. The van der Waals surface area contributed by atoms with E-state index in [0.29, 0.717) is 6.04 Å². The van der Waals surface area contributed by atoms with Gasteiger partial charge in [-0.15, -0.1) is 0 Å². The Morgan fingerprint density at radius 3 is 2.87 bits per heavy atom. The minimum absolute atomic E-state index is 0.398. The number of pyridine rings is 1. The summed E-state index contributed by atoms with van der Waals surface area (Å²) in [5, 5.41) is 0. The molecule has 1 heterocycles. The van der Waals surface area contributed by atoms with Crippen LogP contribution in [0.3, 0.4) is 0 Å². The predicted molar refractivity (Wildman–Crippen MR) is 64.1 cm³/mol. The van der Waals surface area contributed by atoms with Crippen molar-refractivity contribution in [3.63, 3.8) is 0 Å². The zero-order valence-corrected chi connectivity index (χ0v) is 10.2. The highest BCUT2D eigenvalue weighted by Crippen LogP contribution is 2.30. The molecule has 4 heteroatoms. The van der Waals surface area contributed by atoms with Crippen LogP contribution in [0.15, 0.2) is 22.9 Å². The van der Waals surface area contributed by atoms with E-state index >= 15 is 0 Å². The summed E-state index contributed by atoms with van der Waals surface area (Å²) in [5.41, 5.74) is 4.16. The molecular formula is C11H16BrN3. The van der Waals surface area contributed by atoms with Crippen molar-refractivity contribution < 1.29 is 0 Å². The summed E-state index contributed by atoms with van der Waals surface area (Å²) in [6, 6.07) is 2.51. The molecule has 0 saturated heterocycles. The van der Waals surface area contributed by atoms with Crippen LogP contribution >= 0.6 is 15.9 Å². The predicted octanol–water partition coefficient (Wildman–Crippen LogP) is 2.02. The van der Waals surface area contributed by atoms with Gasteiger partial charge in [-0.05, 0) is 52.7 Å². The minimum Gasteiger partial charge on any atom is -0.271 e. The lowest BCUT2D eigenvalue weighted by molar-refractivity contribution is 0.228. The molecule has 1 fully saturated rings. The normalized spacial score (nSPS) is 18.5. The average molecular weight is 270 g/mol. The highest BCUT2D eigenvalue weighted by atomic mass is 79.9. The first-order chi connectivity index (χ1) is 7.29. The van der Waals surface area contributed by atoms with Crippen molar-refractivity contribution in [3.8, 4) is 0 Å². The summed E-state index contributed by atoms with van der Waals surface area (Å²) in [5.74, 6) is 6.33. The molecular weight excluding hydrogens is 254 g/mol. The monoisotopic (exact) mass is 269 g/mol. The number of hydrogen-bond donors (Lipinski definition) is 2. The number of nitrogens with zero attached hydrogens (tertiary/aromatic N) is 1. The number of halogens is 1. The van der Waals surface area contributed by atoms with Crippen LogP contribution < -0.4 is 11.3 Å². The van der Waals surface area contributed by atoms with Crippen LogP contribution in [0.4, 0.5) is 0 Å². The third-order valence-electron chi connectivity index (χ3n) is 3.15. The SMILES string of the molecule is NNC(Cc1cncc(Br)c1)C1CCC1. The van der Waals surface area contributed by atoms with Crippen LogP contribution in [0.5, 0.6) is 0 Å². The van der Waals surface area contributed by atoms with Gasteiger partial charge in [-0.1, -0.05) is 6.42 Å². The van der Waals surface area contributed by atoms with Gasteiger partial charge >= 0.3 is 0 Å². The quantitative estimate of drug-likeness (QED) is 0.650. The largest absolute Gasteiger partial charge is 0.271 e. The molecule has 82 valence electrons.